The van der Waals surface area contributed by atoms with Crippen LogP contribution in [0.15, 0.2) is 48.6 Å². The van der Waals surface area contributed by atoms with Gasteiger partial charge in [0.05, 0.1) is 13.1 Å². The van der Waals surface area contributed by atoms with Gasteiger partial charge in [0.1, 0.15) is 0 Å². The third kappa shape index (κ3) is 4.05. The van der Waals surface area contributed by atoms with E-state index in [1.807, 2.05) is 13.0 Å². The summed E-state index contributed by atoms with van der Waals surface area (Å²) in [6.07, 6.45) is 6.65. The zero-order valence-electron chi connectivity index (χ0n) is 12.2. The molecule has 0 aliphatic carbocycles. The first kappa shape index (κ1) is 15.5. The van der Waals surface area contributed by atoms with Gasteiger partial charge in [0.15, 0.2) is 0 Å². The van der Waals surface area contributed by atoms with Crippen molar-refractivity contribution < 1.29 is 14.4 Å². The van der Waals surface area contributed by atoms with Crippen LogP contribution in [0.3, 0.4) is 0 Å². The van der Waals surface area contributed by atoms with E-state index in [0.29, 0.717) is 5.69 Å². The number of urea groups is 1. The molecule has 1 aliphatic rings. The van der Waals surface area contributed by atoms with Crippen molar-refractivity contribution in [2.45, 2.75) is 13.5 Å². The van der Waals surface area contributed by atoms with E-state index in [1.165, 1.54) is 6.08 Å². The van der Waals surface area contributed by atoms with Gasteiger partial charge in [-0.2, -0.15) is 0 Å². The van der Waals surface area contributed by atoms with E-state index in [2.05, 4.69) is 10.6 Å². The van der Waals surface area contributed by atoms with Gasteiger partial charge in [0.2, 0.25) is 11.8 Å². The number of anilines is 1. The highest BCUT2D eigenvalue weighted by molar-refractivity contribution is 6.02. The molecule has 2 rings (SSSR count). The molecule has 0 bridgehead atoms. The van der Waals surface area contributed by atoms with E-state index in [0.717, 1.165) is 10.5 Å². The van der Waals surface area contributed by atoms with Crippen LogP contribution in [0, 0.1) is 0 Å². The second-order valence-electron chi connectivity index (χ2n) is 4.71. The highest BCUT2D eigenvalue weighted by Gasteiger charge is 2.28. The van der Waals surface area contributed by atoms with Crippen molar-refractivity contribution in [1.29, 1.82) is 0 Å². The fourth-order valence-electron chi connectivity index (χ4n) is 1.98. The minimum Gasteiger partial charge on any atom is -0.329 e. The summed E-state index contributed by atoms with van der Waals surface area (Å²) < 4.78 is 0. The lowest BCUT2D eigenvalue weighted by molar-refractivity contribution is -0.125. The van der Waals surface area contributed by atoms with Crippen molar-refractivity contribution in [2.75, 3.05) is 11.9 Å². The number of nitrogens with zero attached hydrogens (tertiary/aromatic N) is 1. The standard InChI is InChI=1S/C16H17N3O3/c1-2-3-4-8-14(20)18-13-7-5-6-12(9-13)11-19-15(21)10-17-16(19)22/h2-9H,10-11H2,1H3,(H,17,22)(H,18,20). The maximum atomic E-state index is 11.7. The third-order valence-corrected chi connectivity index (χ3v) is 3.02. The Morgan fingerprint density at radius 2 is 2.18 bits per heavy atom. The molecule has 1 aromatic carbocycles. The smallest absolute Gasteiger partial charge is 0.324 e. The lowest BCUT2D eigenvalue weighted by atomic mass is 10.2. The Morgan fingerprint density at radius 1 is 1.36 bits per heavy atom. The normalized spacial score (nSPS) is 14.9. The summed E-state index contributed by atoms with van der Waals surface area (Å²) in [6, 6.07) is 6.65. The maximum Gasteiger partial charge on any atom is 0.324 e. The zero-order valence-corrected chi connectivity index (χ0v) is 12.2. The Balaban J connectivity index is 2.02. The molecule has 0 atom stereocenters. The zero-order chi connectivity index (χ0) is 15.9. The molecule has 6 heteroatoms. The SMILES string of the molecule is CC=CC=CC(=O)Nc1cccc(CN2C(=O)CNC2=O)c1. The number of benzene rings is 1. The molecular formula is C16H17N3O3. The number of hydrogen-bond donors (Lipinski definition) is 2. The molecule has 0 radical (unpaired) electrons. The number of carbonyl (C=O) groups excluding carboxylic acids is 3. The van der Waals surface area contributed by atoms with Crippen molar-refractivity contribution in [2.24, 2.45) is 0 Å². The highest BCUT2D eigenvalue weighted by Crippen LogP contribution is 2.14. The van der Waals surface area contributed by atoms with Crippen molar-refractivity contribution in [3.05, 3.63) is 54.1 Å². The molecule has 1 heterocycles. The molecule has 0 saturated carbocycles. The van der Waals surface area contributed by atoms with Crippen LogP contribution in [-0.4, -0.2) is 29.3 Å². The van der Waals surface area contributed by atoms with Crippen LogP contribution < -0.4 is 10.6 Å². The van der Waals surface area contributed by atoms with Crippen molar-refractivity contribution in [3.8, 4) is 0 Å². The number of nitrogens with one attached hydrogen (secondary N) is 2. The Bertz CT molecular complexity index is 634. The second kappa shape index (κ2) is 7.21. The molecule has 0 unspecified atom stereocenters. The largest absolute Gasteiger partial charge is 0.329 e. The van der Waals surface area contributed by atoms with Crippen LogP contribution in [0.1, 0.15) is 12.5 Å². The molecule has 1 saturated heterocycles. The van der Waals surface area contributed by atoms with Crippen LogP contribution in [0.2, 0.25) is 0 Å². The third-order valence-electron chi connectivity index (χ3n) is 3.02. The van der Waals surface area contributed by atoms with E-state index >= 15 is 0 Å². The maximum absolute atomic E-state index is 11.7. The molecule has 114 valence electrons. The minimum absolute atomic E-state index is 0.0327. The van der Waals surface area contributed by atoms with Crippen LogP contribution >= 0.6 is 0 Å². The Hall–Kier alpha value is -2.89. The molecule has 0 spiro atoms. The minimum atomic E-state index is -0.395. The molecule has 1 fully saturated rings. The summed E-state index contributed by atoms with van der Waals surface area (Å²) in [5.41, 5.74) is 1.38. The first-order valence-electron chi connectivity index (χ1n) is 6.87. The highest BCUT2D eigenvalue weighted by atomic mass is 16.2. The van der Waals surface area contributed by atoms with Gasteiger partial charge in [-0.15, -0.1) is 0 Å². The summed E-state index contributed by atoms with van der Waals surface area (Å²) in [6.45, 7) is 2.08. The molecule has 22 heavy (non-hydrogen) atoms. The van der Waals surface area contributed by atoms with E-state index in [4.69, 9.17) is 0 Å². The first-order chi connectivity index (χ1) is 10.6. The number of carbonyl (C=O) groups is 3. The van der Waals surface area contributed by atoms with Gasteiger partial charge in [0.25, 0.3) is 0 Å². The monoisotopic (exact) mass is 299 g/mol. The van der Waals surface area contributed by atoms with Gasteiger partial charge in [-0.05, 0) is 24.6 Å². The number of imide groups is 1. The van der Waals surface area contributed by atoms with E-state index in [1.54, 1.807) is 36.4 Å². The molecule has 1 aromatic rings. The summed E-state index contributed by atoms with van der Waals surface area (Å²) in [5, 5.41) is 5.19. The second-order valence-corrected chi connectivity index (χ2v) is 4.71. The Kier molecular flexibility index (Phi) is 5.08. The lowest BCUT2D eigenvalue weighted by Crippen LogP contribution is -2.30. The van der Waals surface area contributed by atoms with Crippen molar-refractivity contribution in [3.63, 3.8) is 0 Å². The summed E-state index contributed by atoms with van der Waals surface area (Å²) >= 11 is 0. The van der Waals surface area contributed by atoms with Crippen molar-refractivity contribution in [1.82, 2.24) is 10.2 Å². The van der Waals surface area contributed by atoms with Crippen LogP contribution in [0.5, 0.6) is 0 Å². The van der Waals surface area contributed by atoms with Crippen LogP contribution in [-0.2, 0) is 16.1 Å². The van der Waals surface area contributed by atoms with Gasteiger partial charge in [-0.1, -0.05) is 30.4 Å². The molecule has 2 N–H and O–H groups in total. The lowest BCUT2D eigenvalue weighted by Gasteiger charge is -2.13. The molecule has 0 aromatic heterocycles. The van der Waals surface area contributed by atoms with E-state index < -0.39 is 6.03 Å². The topological polar surface area (TPSA) is 78.5 Å². The number of allylic oxidation sites excluding steroid dienone is 3. The van der Waals surface area contributed by atoms with Gasteiger partial charge < -0.3 is 10.6 Å². The predicted octanol–water partition coefficient (Wildman–Crippen LogP) is 1.81. The van der Waals surface area contributed by atoms with Crippen molar-refractivity contribution >= 4 is 23.5 Å². The summed E-state index contributed by atoms with van der Waals surface area (Å²) in [4.78, 5) is 35.9. The molecule has 4 amide bonds. The molecule has 1 aliphatic heterocycles. The quantitative estimate of drug-likeness (QED) is 0.494. The van der Waals surface area contributed by atoms with E-state index in [-0.39, 0.29) is 24.9 Å². The molecule has 6 nitrogen and oxygen atoms in total. The summed E-state index contributed by atoms with van der Waals surface area (Å²) in [5.74, 6) is -0.501. The Morgan fingerprint density at radius 3 is 2.86 bits per heavy atom. The fourth-order valence-corrected chi connectivity index (χ4v) is 1.98. The average Bonchev–Trinajstić information content (AvgIpc) is 2.80. The molecular weight excluding hydrogens is 282 g/mol. The van der Waals surface area contributed by atoms with E-state index in [9.17, 15) is 14.4 Å². The van der Waals surface area contributed by atoms with Gasteiger partial charge in [-0.3, -0.25) is 14.5 Å². The number of rotatable bonds is 5. The predicted molar refractivity (Wildman–Crippen MR) is 83.0 cm³/mol. The fraction of sp³-hybridized carbons (Fsp3) is 0.188. The Labute approximate surface area is 128 Å². The number of amides is 4. The van der Waals surface area contributed by atoms with Crippen LogP contribution in [0.25, 0.3) is 0 Å². The van der Waals surface area contributed by atoms with Crippen LogP contribution in [0.4, 0.5) is 10.5 Å². The van der Waals surface area contributed by atoms with Gasteiger partial charge >= 0.3 is 6.03 Å². The van der Waals surface area contributed by atoms with Gasteiger partial charge in [-0.25, -0.2) is 4.79 Å². The average molecular weight is 299 g/mol. The number of hydrogen-bond acceptors (Lipinski definition) is 3. The van der Waals surface area contributed by atoms with Gasteiger partial charge in [0, 0.05) is 11.8 Å². The first-order valence-corrected chi connectivity index (χ1v) is 6.87. The summed E-state index contributed by atoms with van der Waals surface area (Å²) in [7, 11) is 0.